The van der Waals surface area contributed by atoms with E-state index in [1.807, 2.05) is 27.7 Å². The summed E-state index contributed by atoms with van der Waals surface area (Å²) in [6, 6.07) is -0.303. The van der Waals surface area contributed by atoms with Gasteiger partial charge in [0.15, 0.2) is 0 Å². The molecule has 0 atom stereocenters. The van der Waals surface area contributed by atoms with Crippen LogP contribution in [0.3, 0.4) is 0 Å². The molecule has 1 N–H and O–H groups in total. The van der Waals surface area contributed by atoms with Gasteiger partial charge in [0.05, 0.1) is 6.54 Å². The Labute approximate surface area is 115 Å². The van der Waals surface area contributed by atoms with Gasteiger partial charge in [-0.25, -0.2) is 4.79 Å². The predicted molar refractivity (Wildman–Crippen MR) is 74.7 cm³/mol. The molecule has 0 aliphatic rings. The van der Waals surface area contributed by atoms with Gasteiger partial charge in [0.25, 0.3) is 0 Å². The van der Waals surface area contributed by atoms with E-state index in [0.29, 0.717) is 24.9 Å². The van der Waals surface area contributed by atoms with Crippen LogP contribution in [0.2, 0.25) is 0 Å². The first-order valence-electron chi connectivity index (χ1n) is 6.47. The highest BCUT2D eigenvalue weighted by atomic mass is 16.4. The van der Waals surface area contributed by atoms with Gasteiger partial charge in [0, 0.05) is 13.1 Å². The molecule has 0 spiro atoms. The maximum absolute atomic E-state index is 12.3. The Morgan fingerprint density at radius 2 is 1.58 bits per heavy atom. The zero-order chi connectivity index (χ0) is 15.0. The summed E-state index contributed by atoms with van der Waals surface area (Å²) in [6.45, 7) is 8.91. The van der Waals surface area contributed by atoms with Gasteiger partial charge in [-0.1, -0.05) is 33.6 Å². The van der Waals surface area contributed by atoms with Gasteiger partial charge in [-0.3, -0.25) is 4.79 Å². The molecule has 0 fully saturated rings. The summed E-state index contributed by atoms with van der Waals surface area (Å²) >= 11 is 0. The van der Waals surface area contributed by atoms with Crippen LogP contribution < -0.4 is 0 Å². The lowest BCUT2D eigenvalue weighted by Gasteiger charge is -2.31. The summed E-state index contributed by atoms with van der Waals surface area (Å²) in [5.41, 5.74) is 0. The third-order valence-electron chi connectivity index (χ3n) is 2.32. The average molecular weight is 268 g/mol. The van der Waals surface area contributed by atoms with Crippen molar-refractivity contribution in [2.75, 3.05) is 26.2 Å². The number of amides is 2. The minimum atomic E-state index is -1.06. The van der Waals surface area contributed by atoms with Crippen molar-refractivity contribution < 1.29 is 14.7 Å². The minimum absolute atomic E-state index is 0.0117. The van der Waals surface area contributed by atoms with Crippen molar-refractivity contribution in [3.05, 3.63) is 0 Å². The number of urea groups is 1. The number of carboxylic acid groups (broad SMARTS) is 1. The fourth-order valence-corrected chi connectivity index (χ4v) is 1.78. The van der Waals surface area contributed by atoms with Crippen molar-refractivity contribution in [2.45, 2.75) is 27.7 Å². The fraction of sp³-hybridized carbons (Fsp3) is 0.714. The molecule has 0 aromatic rings. The number of aliphatic carboxylic acids is 1. The summed E-state index contributed by atoms with van der Waals surface area (Å²) in [5.74, 6) is 1.91. The molecule has 0 aliphatic heterocycles. The number of nitrogens with zero attached hydrogens (tertiary/aromatic N) is 2. The van der Waals surface area contributed by atoms with E-state index in [1.54, 1.807) is 4.90 Å². The van der Waals surface area contributed by atoms with Crippen molar-refractivity contribution in [3.63, 3.8) is 0 Å². The maximum atomic E-state index is 12.3. The van der Waals surface area contributed by atoms with Crippen LogP contribution in [0.5, 0.6) is 0 Å². The molecular weight excluding hydrogens is 244 g/mol. The first-order chi connectivity index (χ1) is 8.77. The molecule has 0 aromatic carbocycles. The standard InChI is InChI=1S/C14H24N2O3/c1-6-7-15(10-13(17)18)14(19)16(8-11(2)3)9-12(4)5/h1,11-12H,7-10H2,2-5H3,(H,17,18). The number of rotatable bonds is 7. The fourth-order valence-electron chi connectivity index (χ4n) is 1.78. The molecule has 0 aliphatic carbocycles. The molecule has 0 aromatic heterocycles. The summed E-state index contributed by atoms with van der Waals surface area (Å²) in [7, 11) is 0. The quantitative estimate of drug-likeness (QED) is 0.715. The average Bonchev–Trinajstić information content (AvgIpc) is 2.24. The lowest BCUT2D eigenvalue weighted by atomic mass is 10.1. The van der Waals surface area contributed by atoms with Crippen molar-refractivity contribution in [3.8, 4) is 12.3 Å². The predicted octanol–water partition coefficient (Wildman–Crippen LogP) is 1.74. The number of terminal acetylenes is 1. The Balaban J connectivity index is 4.89. The minimum Gasteiger partial charge on any atom is -0.480 e. The van der Waals surface area contributed by atoms with Crippen LogP contribution in [-0.2, 0) is 4.79 Å². The smallest absolute Gasteiger partial charge is 0.323 e. The molecule has 0 bridgehead atoms. The first kappa shape index (κ1) is 17.3. The van der Waals surface area contributed by atoms with Crippen LogP contribution in [0.4, 0.5) is 4.79 Å². The van der Waals surface area contributed by atoms with Crippen LogP contribution in [0.25, 0.3) is 0 Å². The molecule has 108 valence electrons. The van der Waals surface area contributed by atoms with Gasteiger partial charge in [-0.15, -0.1) is 6.42 Å². The van der Waals surface area contributed by atoms with E-state index in [0.717, 1.165) is 0 Å². The van der Waals surface area contributed by atoms with E-state index < -0.39 is 5.97 Å². The van der Waals surface area contributed by atoms with Crippen molar-refractivity contribution in [1.82, 2.24) is 9.80 Å². The highest BCUT2D eigenvalue weighted by Crippen LogP contribution is 2.08. The summed E-state index contributed by atoms with van der Waals surface area (Å²) in [6.07, 6.45) is 5.19. The Hall–Kier alpha value is -1.70. The Bertz CT molecular complexity index is 335. The SMILES string of the molecule is C#CCN(CC(=O)O)C(=O)N(CC(C)C)CC(C)C. The molecule has 2 amide bonds. The van der Waals surface area contributed by atoms with E-state index in [1.165, 1.54) is 4.90 Å². The molecule has 0 heterocycles. The van der Waals surface area contributed by atoms with Gasteiger partial charge < -0.3 is 14.9 Å². The number of carbonyl (C=O) groups is 2. The second kappa shape index (κ2) is 8.41. The number of carbonyl (C=O) groups excluding carboxylic acids is 1. The van der Waals surface area contributed by atoms with E-state index in [4.69, 9.17) is 11.5 Å². The van der Waals surface area contributed by atoms with E-state index in [9.17, 15) is 9.59 Å². The number of hydrogen-bond acceptors (Lipinski definition) is 2. The zero-order valence-electron chi connectivity index (χ0n) is 12.2. The van der Waals surface area contributed by atoms with Gasteiger partial charge in [0.2, 0.25) is 0 Å². The summed E-state index contributed by atoms with van der Waals surface area (Å²) < 4.78 is 0. The lowest BCUT2D eigenvalue weighted by Crippen LogP contribution is -2.48. The van der Waals surface area contributed by atoms with Crippen LogP contribution in [0.15, 0.2) is 0 Å². The Morgan fingerprint density at radius 1 is 1.11 bits per heavy atom. The summed E-state index contributed by atoms with van der Waals surface area (Å²) in [4.78, 5) is 26.0. The molecule has 5 nitrogen and oxygen atoms in total. The van der Waals surface area contributed by atoms with Crippen LogP contribution in [0, 0.1) is 24.2 Å². The van der Waals surface area contributed by atoms with Gasteiger partial charge in [0.1, 0.15) is 6.54 Å². The van der Waals surface area contributed by atoms with Crippen LogP contribution >= 0.6 is 0 Å². The number of carboxylic acids is 1. The molecule has 0 saturated heterocycles. The molecule has 5 heteroatoms. The van der Waals surface area contributed by atoms with E-state index in [2.05, 4.69) is 5.92 Å². The highest BCUT2D eigenvalue weighted by molar-refractivity contribution is 5.80. The van der Waals surface area contributed by atoms with Gasteiger partial charge in [-0.05, 0) is 11.8 Å². The topological polar surface area (TPSA) is 60.9 Å². The molecule has 0 unspecified atom stereocenters. The van der Waals surface area contributed by atoms with E-state index >= 15 is 0 Å². The lowest BCUT2D eigenvalue weighted by molar-refractivity contribution is -0.137. The van der Waals surface area contributed by atoms with Crippen LogP contribution in [0.1, 0.15) is 27.7 Å². The monoisotopic (exact) mass is 268 g/mol. The van der Waals surface area contributed by atoms with E-state index in [-0.39, 0.29) is 19.1 Å². The third kappa shape index (κ3) is 7.35. The second-order valence-corrected chi connectivity index (χ2v) is 5.43. The van der Waals surface area contributed by atoms with Gasteiger partial charge in [-0.2, -0.15) is 0 Å². The Kier molecular flexibility index (Phi) is 7.66. The van der Waals surface area contributed by atoms with Gasteiger partial charge >= 0.3 is 12.0 Å². The van der Waals surface area contributed by atoms with Crippen LogP contribution in [-0.4, -0.2) is 53.1 Å². The molecular formula is C14H24N2O3. The second-order valence-electron chi connectivity index (χ2n) is 5.43. The number of hydrogen-bond donors (Lipinski definition) is 1. The molecule has 0 radical (unpaired) electrons. The molecule has 19 heavy (non-hydrogen) atoms. The first-order valence-corrected chi connectivity index (χ1v) is 6.47. The van der Waals surface area contributed by atoms with Crippen molar-refractivity contribution in [2.24, 2.45) is 11.8 Å². The largest absolute Gasteiger partial charge is 0.480 e. The normalized spacial score (nSPS) is 10.4. The third-order valence-corrected chi connectivity index (χ3v) is 2.32. The Morgan fingerprint density at radius 3 is 1.89 bits per heavy atom. The summed E-state index contributed by atoms with van der Waals surface area (Å²) in [5, 5.41) is 8.82. The maximum Gasteiger partial charge on any atom is 0.323 e. The highest BCUT2D eigenvalue weighted by Gasteiger charge is 2.23. The van der Waals surface area contributed by atoms with Crippen molar-refractivity contribution in [1.29, 1.82) is 0 Å². The molecule has 0 saturated carbocycles. The zero-order valence-corrected chi connectivity index (χ0v) is 12.2. The molecule has 0 rings (SSSR count). The van der Waals surface area contributed by atoms with Crippen molar-refractivity contribution >= 4 is 12.0 Å².